The molecule has 2 atom stereocenters. The standard InChI is InChI=1S/C11H14N4O2S/c16-4-7-2-1-3-8(17-7)15-6-14-9-10(15)12-5-13-11(9)18/h5-8,16H,1-4H2,(H,12,13,18)/t7-,8-/m1/s1. The van der Waals surface area contributed by atoms with E-state index in [-0.39, 0.29) is 18.9 Å². The predicted molar refractivity (Wildman–Crippen MR) is 67.6 cm³/mol. The third kappa shape index (κ3) is 1.94. The van der Waals surface area contributed by atoms with E-state index in [2.05, 4.69) is 15.0 Å². The van der Waals surface area contributed by atoms with Crippen molar-refractivity contribution < 1.29 is 9.84 Å². The number of aromatic amines is 1. The van der Waals surface area contributed by atoms with Crippen LogP contribution >= 0.6 is 12.2 Å². The number of aliphatic hydroxyl groups is 1. The van der Waals surface area contributed by atoms with Gasteiger partial charge in [-0.05, 0) is 19.3 Å². The number of nitrogens with zero attached hydrogens (tertiary/aromatic N) is 3. The van der Waals surface area contributed by atoms with Gasteiger partial charge < -0.3 is 14.8 Å². The summed E-state index contributed by atoms with van der Waals surface area (Å²) in [7, 11) is 0. The summed E-state index contributed by atoms with van der Waals surface area (Å²) in [5, 5.41) is 9.18. The third-order valence-electron chi connectivity index (χ3n) is 3.22. The molecule has 0 saturated carbocycles. The summed E-state index contributed by atoms with van der Waals surface area (Å²) < 4.78 is 8.24. The van der Waals surface area contributed by atoms with Gasteiger partial charge in [0.05, 0.1) is 25.4 Å². The van der Waals surface area contributed by atoms with E-state index in [0.29, 0.717) is 10.2 Å². The molecule has 1 aliphatic rings. The van der Waals surface area contributed by atoms with Crippen molar-refractivity contribution in [2.75, 3.05) is 6.61 Å². The molecule has 0 spiro atoms. The highest BCUT2D eigenvalue weighted by molar-refractivity contribution is 7.71. The molecule has 0 aliphatic carbocycles. The molecule has 2 aromatic heterocycles. The molecule has 6 nitrogen and oxygen atoms in total. The smallest absolute Gasteiger partial charge is 0.157 e. The summed E-state index contributed by atoms with van der Waals surface area (Å²) in [6.07, 6.45) is 5.92. The van der Waals surface area contributed by atoms with Crippen molar-refractivity contribution in [3.63, 3.8) is 0 Å². The van der Waals surface area contributed by atoms with Crippen molar-refractivity contribution >= 4 is 23.4 Å². The Bertz CT molecular complexity index is 608. The number of nitrogens with one attached hydrogen (secondary N) is 1. The zero-order valence-corrected chi connectivity index (χ0v) is 10.6. The Labute approximate surface area is 109 Å². The zero-order chi connectivity index (χ0) is 12.5. The Morgan fingerprint density at radius 3 is 3.22 bits per heavy atom. The van der Waals surface area contributed by atoms with Crippen LogP contribution < -0.4 is 0 Å². The molecule has 3 rings (SSSR count). The van der Waals surface area contributed by atoms with Crippen LogP contribution in [0.4, 0.5) is 0 Å². The van der Waals surface area contributed by atoms with Crippen LogP contribution in [0.15, 0.2) is 12.7 Å². The molecule has 1 fully saturated rings. The Morgan fingerprint density at radius 2 is 2.39 bits per heavy atom. The SMILES string of the molecule is OC[C@H]1CCC[C@H](n2cnc3c(=S)nc[nH]c32)O1. The fraction of sp³-hybridized carbons (Fsp3) is 0.545. The van der Waals surface area contributed by atoms with E-state index in [9.17, 15) is 5.11 Å². The highest BCUT2D eigenvalue weighted by atomic mass is 32.1. The van der Waals surface area contributed by atoms with Crippen molar-refractivity contribution in [3.8, 4) is 0 Å². The van der Waals surface area contributed by atoms with E-state index in [1.165, 1.54) is 0 Å². The number of ether oxygens (including phenoxy) is 1. The molecule has 0 aromatic carbocycles. The molecule has 1 saturated heterocycles. The minimum absolute atomic E-state index is 0.0562. The average molecular weight is 266 g/mol. The number of fused-ring (bicyclic) bond motifs is 1. The van der Waals surface area contributed by atoms with Crippen molar-refractivity contribution in [3.05, 3.63) is 17.3 Å². The summed E-state index contributed by atoms with van der Waals surface area (Å²) in [5.41, 5.74) is 1.50. The maximum atomic E-state index is 9.18. The predicted octanol–water partition coefficient (Wildman–Crippen LogP) is 1.55. The molecule has 0 bridgehead atoms. The van der Waals surface area contributed by atoms with Crippen LogP contribution in [0.2, 0.25) is 0 Å². The highest BCUT2D eigenvalue weighted by Gasteiger charge is 2.24. The molecule has 96 valence electrons. The van der Waals surface area contributed by atoms with E-state index >= 15 is 0 Å². The average Bonchev–Trinajstić information content (AvgIpc) is 2.84. The van der Waals surface area contributed by atoms with Crippen molar-refractivity contribution in [1.82, 2.24) is 19.5 Å². The molecule has 3 heterocycles. The number of H-pyrrole nitrogens is 1. The summed E-state index contributed by atoms with van der Waals surface area (Å²) in [4.78, 5) is 11.3. The normalized spacial score (nSPS) is 24.5. The lowest BCUT2D eigenvalue weighted by molar-refractivity contribution is -0.105. The van der Waals surface area contributed by atoms with Gasteiger partial charge in [-0.15, -0.1) is 0 Å². The topological polar surface area (TPSA) is 76.0 Å². The van der Waals surface area contributed by atoms with Crippen LogP contribution in [-0.2, 0) is 4.74 Å². The van der Waals surface area contributed by atoms with E-state index in [1.54, 1.807) is 12.7 Å². The fourth-order valence-corrected chi connectivity index (χ4v) is 2.51. The van der Waals surface area contributed by atoms with Gasteiger partial charge in [0.25, 0.3) is 0 Å². The molecule has 0 radical (unpaired) electrons. The molecule has 7 heteroatoms. The van der Waals surface area contributed by atoms with Gasteiger partial charge in [-0.1, -0.05) is 12.2 Å². The van der Waals surface area contributed by atoms with Gasteiger partial charge in [0.15, 0.2) is 4.64 Å². The minimum atomic E-state index is -0.103. The lowest BCUT2D eigenvalue weighted by atomic mass is 10.1. The van der Waals surface area contributed by atoms with Crippen LogP contribution in [0, 0.1) is 4.64 Å². The molecule has 1 aliphatic heterocycles. The van der Waals surface area contributed by atoms with E-state index in [1.807, 2.05) is 4.57 Å². The molecule has 0 amide bonds. The van der Waals surface area contributed by atoms with Crippen molar-refractivity contribution in [2.45, 2.75) is 31.6 Å². The number of aliphatic hydroxyl groups excluding tert-OH is 1. The summed E-state index contributed by atoms with van der Waals surface area (Å²) in [6.45, 7) is 0.0562. The van der Waals surface area contributed by atoms with Gasteiger partial charge in [0.2, 0.25) is 0 Å². The Balaban J connectivity index is 1.99. The molecular formula is C11H14N4O2S. The van der Waals surface area contributed by atoms with Gasteiger partial charge in [0.1, 0.15) is 17.4 Å². The van der Waals surface area contributed by atoms with Gasteiger partial charge in [-0.3, -0.25) is 4.57 Å². The number of rotatable bonds is 2. The molecular weight excluding hydrogens is 252 g/mol. The lowest BCUT2D eigenvalue weighted by Crippen LogP contribution is -2.28. The first-order valence-corrected chi connectivity index (χ1v) is 6.37. The quantitative estimate of drug-likeness (QED) is 0.807. The lowest BCUT2D eigenvalue weighted by Gasteiger charge is -2.29. The van der Waals surface area contributed by atoms with Gasteiger partial charge in [-0.25, -0.2) is 9.97 Å². The van der Waals surface area contributed by atoms with Gasteiger partial charge in [0, 0.05) is 0 Å². The highest BCUT2D eigenvalue weighted by Crippen LogP contribution is 2.28. The zero-order valence-electron chi connectivity index (χ0n) is 9.74. The van der Waals surface area contributed by atoms with Gasteiger partial charge >= 0.3 is 0 Å². The van der Waals surface area contributed by atoms with Crippen LogP contribution in [0.1, 0.15) is 25.5 Å². The first kappa shape index (κ1) is 11.8. The fourth-order valence-electron chi connectivity index (χ4n) is 2.31. The minimum Gasteiger partial charge on any atom is -0.394 e. The summed E-state index contributed by atoms with van der Waals surface area (Å²) in [5.74, 6) is 0. The van der Waals surface area contributed by atoms with Crippen molar-refractivity contribution in [1.29, 1.82) is 0 Å². The second-order valence-corrected chi connectivity index (χ2v) is 4.77. The molecule has 2 aromatic rings. The molecule has 2 N–H and O–H groups in total. The number of hydrogen-bond acceptors (Lipinski definition) is 5. The second-order valence-electron chi connectivity index (χ2n) is 4.38. The first-order chi connectivity index (χ1) is 8.79. The largest absolute Gasteiger partial charge is 0.394 e. The van der Waals surface area contributed by atoms with Crippen LogP contribution in [0.5, 0.6) is 0 Å². The van der Waals surface area contributed by atoms with Crippen LogP contribution in [0.25, 0.3) is 11.2 Å². The van der Waals surface area contributed by atoms with E-state index in [4.69, 9.17) is 17.0 Å². The number of imidazole rings is 1. The maximum Gasteiger partial charge on any atom is 0.157 e. The van der Waals surface area contributed by atoms with Gasteiger partial charge in [-0.2, -0.15) is 0 Å². The molecule has 0 unspecified atom stereocenters. The molecule has 18 heavy (non-hydrogen) atoms. The van der Waals surface area contributed by atoms with Crippen molar-refractivity contribution in [2.24, 2.45) is 0 Å². The maximum absolute atomic E-state index is 9.18. The Hall–Kier alpha value is -1.31. The van der Waals surface area contributed by atoms with Crippen LogP contribution in [-0.4, -0.2) is 37.3 Å². The second kappa shape index (κ2) is 4.75. The van der Waals surface area contributed by atoms with E-state index < -0.39 is 0 Å². The summed E-state index contributed by atoms with van der Waals surface area (Å²) in [6, 6.07) is 0. The Kier molecular flexibility index (Phi) is 3.11. The monoisotopic (exact) mass is 266 g/mol. The number of aromatic nitrogens is 4. The van der Waals surface area contributed by atoms with E-state index in [0.717, 1.165) is 24.9 Å². The third-order valence-corrected chi connectivity index (χ3v) is 3.52. The first-order valence-electron chi connectivity index (χ1n) is 5.96. The Morgan fingerprint density at radius 1 is 1.50 bits per heavy atom. The summed E-state index contributed by atoms with van der Waals surface area (Å²) >= 11 is 5.13. The number of hydrogen-bond donors (Lipinski definition) is 2. The van der Waals surface area contributed by atoms with Crippen LogP contribution in [0.3, 0.4) is 0 Å².